The number of aliphatic carboxylic acids is 1. The van der Waals surface area contributed by atoms with Gasteiger partial charge in [0.05, 0.1) is 0 Å². The van der Waals surface area contributed by atoms with Gasteiger partial charge in [0.2, 0.25) is 0 Å². The maximum Gasteiger partial charge on any atom is 0.326 e. The van der Waals surface area contributed by atoms with E-state index in [1.807, 2.05) is 0 Å². The number of rotatable bonds is 2. The molecule has 0 spiro atoms. The van der Waals surface area contributed by atoms with Crippen LogP contribution in [0, 0.1) is 0 Å². The van der Waals surface area contributed by atoms with Crippen LogP contribution in [0.2, 0.25) is 0 Å². The molecule has 0 saturated carbocycles. The van der Waals surface area contributed by atoms with Gasteiger partial charge in [0.25, 0.3) is 0 Å². The van der Waals surface area contributed by atoms with E-state index in [0.29, 0.717) is 6.42 Å². The Bertz CT molecular complexity index is 181. The van der Waals surface area contributed by atoms with Gasteiger partial charge in [-0.3, -0.25) is 0 Å². The number of likely N-dealkylation sites (tertiary alicyclic amines) is 1. The van der Waals surface area contributed by atoms with E-state index in [1.165, 1.54) is 6.34 Å². The van der Waals surface area contributed by atoms with E-state index in [1.54, 1.807) is 4.90 Å². The summed E-state index contributed by atoms with van der Waals surface area (Å²) >= 11 is 0. The molecule has 1 heterocycles. The molecule has 1 aliphatic rings. The van der Waals surface area contributed by atoms with Crippen LogP contribution in [0.15, 0.2) is 5.10 Å². The summed E-state index contributed by atoms with van der Waals surface area (Å²) in [7, 11) is 0. The molecule has 3 N–H and O–H groups in total. The first-order valence-electron chi connectivity index (χ1n) is 3.47. The average molecular weight is 157 g/mol. The summed E-state index contributed by atoms with van der Waals surface area (Å²) in [6, 6.07) is -0.428. The van der Waals surface area contributed by atoms with E-state index >= 15 is 0 Å². The lowest BCUT2D eigenvalue weighted by Gasteiger charge is -2.16. The molecule has 62 valence electrons. The highest BCUT2D eigenvalue weighted by atomic mass is 16.4. The molecule has 1 rings (SSSR count). The van der Waals surface area contributed by atoms with Gasteiger partial charge < -0.3 is 15.8 Å². The molecule has 0 aromatic heterocycles. The number of nitrogens with zero attached hydrogens (tertiary/aromatic N) is 2. The highest BCUT2D eigenvalue weighted by molar-refractivity contribution is 5.77. The number of carboxylic acid groups (broad SMARTS) is 1. The largest absolute Gasteiger partial charge is 0.480 e. The highest BCUT2D eigenvalue weighted by Gasteiger charge is 2.28. The van der Waals surface area contributed by atoms with Crippen molar-refractivity contribution in [3.05, 3.63) is 0 Å². The monoisotopic (exact) mass is 157 g/mol. The van der Waals surface area contributed by atoms with Crippen molar-refractivity contribution >= 4 is 12.3 Å². The minimum absolute atomic E-state index is 0.428. The van der Waals surface area contributed by atoms with Crippen LogP contribution in [-0.2, 0) is 4.79 Å². The van der Waals surface area contributed by atoms with Gasteiger partial charge in [-0.05, 0) is 12.8 Å². The van der Waals surface area contributed by atoms with E-state index < -0.39 is 12.0 Å². The van der Waals surface area contributed by atoms with Gasteiger partial charge in [-0.15, -0.1) is 0 Å². The van der Waals surface area contributed by atoms with E-state index in [4.69, 9.17) is 10.9 Å². The molecule has 0 amide bonds. The normalized spacial score (nSPS) is 24.7. The highest BCUT2D eigenvalue weighted by Crippen LogP contribution is 2.14. The van der Waals surface area contributed by atoms with Crippen molar-refractivity contribution in [2.45, 2.75) is 18.9 Å². The zero-order valence-corrected chi connectivity index (χ0v) is 6.10. The van der Waals surface area contributed by atoms with E-state index in [2.05, 4.69) is 5.10 Å². The molecule has 5 nitrogen and oxygen atoms in total. The van der Waals surface area contributed by atoms with Crippen LogP contribution in [0.1, 0.15) is 12.8 Å². The summed E-state index contributed by atoms with van der Waals surface area (Å²) in [6.07, 6.45) is 2.95. The first-order chi connectivity index (χ1) is 5.25. The van der Waals surface area contributed by atoms with Crippen LogP contribution in [0.5, 0.6) is 0 Å². The van der Waals surface area contributed by atoms with Crippen molar-refractivity contribution in [2.75, 3.05) is 6.54 Å². The molecule has 0 radical (unpaired) electrons. The summed E-state index contributed by atoms with van der Waals surface area (Å²) in [6.45, 7) is 0.734. The third-order valence-corrected chi connectivity index (χ3v) is 1.79. The third kappa shape index (κ3) is 1.60. The van der Waals surface area contributed by atoms with Crippen LogP contribution >= 0.6 is 0 Å². The molecule has 1 saturated heterocycles. The molecule has 0 bridgehead atoms. The first-order valence-corrected chi connectivity index (χ1v) is 3.47. The summed E-state index contributed by atoms with van der Waals surface area (Å²) < 4.78 is 0. The molecule has 11 heavy (non-hydrogen) atoms. The van der Waals surface area contributed by atoms with Crippen LogP contribution in [0.25, 0.3) is 0 Å². The Balaban J connectivity index is 2.57. The summed E-state index contributed by atoms with van der Waals surface area (Å²) in [5.74, 6) is 4.10. The van der Waals surface area contributed by atoms with E-state index in [-0.39, 0.29) is 0 Å². The molecule has 0 aromatic carbocycles. The topological polar surface area (TPSA) is 78.9 Å². The zero-order valence-electron chi connectivity index (χ0n) is 6.10. The SMILES string of the molecule is NN=CN1CCC[C@@H]1C(=O)O. The second-order valence-electron chi connectivity index (χ2n) is 2.50. The Morgan fingerprint density at radius 1 is 1.82 bits per heavy atom. The third-order valence-electron chi connectivity index (χ3n) is 1.79. The first kappa shape index (κ1) is 7.84. The fourth-order valence-electron chi connectivity index (χ4n) is 1.28. The van der Waals surface area contributed by atoms with E-state index in [0.717, 1.165) is 13.0 Å². The smallest absolute Gasteiger partial charge is 0.326 e. The van der Waals surface area contributed by atoms with Crippen molar-refractivity contribution in [2.24, 2.45) is 10.9 Å². The second-order valence-corrected chi connectivity index (χ2v) is 2.50. The van der Waals surface area contributed by atoms with Crippen LogP contribution in [0.3, 0.4) is 0 Å². The number of nitrogens with two attached hydrogens (primary N) is 1. The lowest BCUT2D eigenvalue weighted by Crippen LogP contribution is -2.35. The van der Waals surface area contributed by atoms with Crippen LogP contribution in [0.4, 0.5) is 0 Å². The minimum atomic E-state index is -0.803. The maximum atomic E-state index is 10.5. The molecule has 0 aliphatic carbocycles. The van der Waals surface area contributed by atoms with Gasteiger partial charge in [0.15, 0.2) is 0 Å². The average Bonchev–Trinajstić information content (AvgIpc) is 2.36. The van der Waals surface area contributed by atoms with Crippen LogP contribution < -0.4 is 5.84 Å². The molecule has 0 aromatic rings. The number of hydrogen-bond acceptors (Lipinski definition) is 3. The standard InChI is InChI=1S/C6H11N3O2/c7-8-4-9-3-1-2-5(9)6(10)11/h4-5H,1-3,7H2,(H,10,11)/t5-/m1/s1. The lowest BCUT2D eigenvalue weighted by atomic mass is 10.2. The molecular formula is C6H11N3O2. The predicted octanol–water partition coefficient (Wildman–Crippen LogP) is -0.563. The number of hydrazone groups is 1. The van der Waals surface area contributed by atoms with Crippen molar-refractivity contribution < 1.29 is 9.90 Å². The van der Waals surface area contributed by atoms with Crippen molar-refractivity contribution in [1.29, 1.82) is 0 Å². The van der Waals surface area contributed by atoms with Gasteiger partial charge in [-0.1, -0.05) is 0 Å². The van der Waals surface area contributed by atoms with Crippen molar-refractivity contribution in [3.8, 4) is 0 Å². The Kier molecular flexibility index (Phi) is 2.30. The number of hydrogen-bond donors (Lipinski definition) is 2. The predicted molar refractivity (Wildman–Crippen MR) is 40.0 cm³/mol. The quantitative estimate of drug-likeness (QED) is 0.244. The van der Waals surface area contributed by atoms with Crippen molar-refractivity contribution in [1.82, 2.24) is 4.90 Å². The van der Waals surface area contributed by atoms with Gasteiger partial charge >= 0.3 is 5.97 Å². The fraction of sp³-hybridized carbons (Fsp3) is 0.667. The van der Waals surface area contributed by atoms with E-state index in [9.17, 15) is 4.79 Å². The molecule has 5 heteroatoms. The molecule has 0 unspecified atom stereocenters. The summed E-state index contributed by atoms with van der Waals surface area (Å²) in [4.78, 5) is 12.2. The molecular weight excluding hydrogens is 146 g/mol. The Hall–Kier alpha value is -1.26. The lowest BCUT2D eigenvalue weighted by molar-refractivity contribution is -0.140. The number of carbonyl (C=O) groups is 1. The van der Waals surface area contributed by atoms with Crippen molar-refractivity contribution in [3.63, 3.8) is 0 Å². The van der Waals surface area contributed by atoms with Gasteiger partial charge in [0.1, 0.15) is 12.4 Å². The van der Waals surface area contributed by atoms with Gasteiger partial charge in [0, 0.05) is 6.54 Å². The molecule has 1 atom stereocenters. The Morgan fingerprint density at radius 3 is 3.09 bits per heavy atom. The van der Waals surface area contributed by atoms with Gasteiger partial charge in [-0.2, -0.15) is 5.10 Å². The zero-order chi connectivity index (χ0) is 8.27. The summed E-state index contributed by atoms with van der Waals surface area (Å²) in [5.41, 5.74) is 0. The molecule has 1 aliphatic heterocycles. The van der Waals surface area contributed by atoms with Gasteiger partial charge in [-0.25, -0.2) is 4.79 Å². The fourth-order valence-corrected chi connectivity index (χ4v) is 1.28. The van der Waals surface area contributed by atoms with Crippen LogP contribution in [-0.4, -0.2) is 34.9 Å². The number of carboxylic acids is 1. The second kappa shape index (κ2) is 3.23. The minimum Gasteiger partial charge on any atom is -0.480 e. The maximum absolute atomic E-state index is 10.5. The summed E-state index contributed by atoms with van der Waals surface area (Å²) in [5, 5.41) is 12.0. The molecule has 1 fully saturated rings. The Labute approximate surface area is 64.5 Å². The Morgan fingerprint density at radius 2 is 2.55 bits per heavy atom.